The Hall–Kier alpha value is -0.800. The third-order valence-electron chi connectivity index (χ3n) is 2.17. The van der Waals surface area contributed by atoms with Crippen LogP contribution in [0.15, 0.2) is 11.5 Å². The van der Waals surface area contributed by atoms with E-state index in [-0.39, 0.29) is 12.5 Å². The van der Waals surface area contributed by atoms with Gasteiger partial charge in [0.05, 0.1) is 6.54 Å². The number of ether oxygens (including phenoxy) is 1. The Morgan fingerprint density at radius 3 is 2.64 bits per heavy atom. The van der Waals surface area contributed by atoms with Gasteiger partial charge in [-0.05, 0) is 6.42 Å². The van der Waals surface area contributed by atoms with Crippen molar-refractivity contribution < 1.29 is 13.5 Å². The van der Waals surface area contributed by atoms with Crippen molar-refractivity contribution >= 4 is 0 Å². The van der Waals surface area contributed by atoms with Crippen molar-refractivity contribution in [1.82, 2.24) is 5.32 Å². The second-order valence-corrected chi connectivity index (χ2v) is 3.85. The van der Waals surface area contributed by atoms with Crippen molar-refractivity contribution in [1.29, 1.82) is 0 Å². The molecule has 4 heteroatoms. The molecule has 1 aliphatic rings. The fourth-order valence-corrected chi connectivity index (χ4v) is 1.46. The molecule has 82 valence electrons. The van der Waals surface area contributed by atoms with Crippen molar-refractivity contribution in [2.45, 2.75) is 33.1 Å². The van der Waals surface area contributed by atoms with Crippen LogP contribution in [0.2, 0.25) is 0 Å². The predicted molar refractivity (Wildman–Crippen MR) is 51.1 cm³/mol. The molecule has 1 N–H and O–H groups in total. The van der Waals surface area contributed by atoms with Crippen molar-refractivity contribution in [3.05, 3.63) is 11.5 Å². The van der Waals surface area contributed by atoms with E-state index in [2.05, 4.69) is 5.32 Å². The summed E-state index contributed by atoms with van der Waals surface area (Å²) >= 11 is 0. The van der Waals surface area contributed by atoms with Crippen LogP contribution in [0, 0.1) is 5.92 Å². The first-order valence-electron chi connectivity index (χ1n) is 4.94. The van der Waals surface area contributed by atoms with Gasteiger partial charge >= 0.3 is 0 Å². The number of halogens is 2. The molecule has 0 spiro atoms. The average molecular weight is 205 g/mol. The van der Waals surface area contributed by atoms with Gasteiger partial charge in [0.25, 0.3) is 5.92 Å². The Balaban J connectivity index is 2.81. The van der Waals surface area contributed by atoms with Crippen molar-refractivity contribution in [3.63, 3.8) is 0 Å². The molecule has 1 aliphatic heterocycles. The summed E-state index contributed by atoms with van der Waals surface area (Å²) in [6.07, 6.45) is 0.698. The van der Waals surface area contributed by atoms with Crippen LogP contribution in [0.4, 0.5) is 8.78 Å². The van der Waals surface area contributed by atoms with Gasteiger partial charge in [-0.25, -0.2) is 8.78 Å². The summed E-state index contributed by atoms with van der Waals surface area (Å²) in [5, 5.41) is 2.76. The van der Waals surface area contributed by atoms with Crippen LogP contribution >= 0.6 is 0 Å². The molecule has 1 rings (SSSR count). The average Bonchev–Trinajstić information content (AvgIpc) is 2.23. The summed E-state index contributed by atoms with van der Waals surface area (Å²) in [5.74, 6) is -1.95. The molecule has 0 aromatic heterocycles. The van der Waals surface area contributed by atoms with E-state index in [1.807, 2.05) is 20.8 Å². The van der Waals surface area contributed by atoms with Crippen molar-refractivity contribution in [2.75, 3.05) is 13.2 Å². The number of hydrogen-bond acceptors (Lipinski definition) is 2. The molecule has 0 aliphatic carbocycles. The molecule has 0 amide bonds. The number of allylic oxidation sites excluding steroid dienone is 2. The highest BCUT2D eigenvalue weighted by atomic mass is 19.3. The third kappa shape index (κ3) is 2.59. The molecule has 14 heavy (non-hydrogen) atoms. The van der Waals surface area contributed by atoms with E-state index in [0.29, 0.717) is 12.2 Å². The maximum Gasteiger partial charge on any atom is 0.298 e. The van der Waals surface area contributed by atoms with Gasteiger partial charge in [0, 0.05) is 11.6 Å². The fourth-order valence-electron chi connectivity index (χ4n) is 1.46. The molecular formula is C10H17F2NO. The summed E-state index contributed by atoms with van der Waals surface area (Å²) < 4.78 is 31.1. The van der Waals surface area contributed by atoms with Crippen molar-refractivity contribution in [2.24, 2.45) is 5.92 Å². The lowest BCUT2D eigenvalue weighted by Crippen LogP contribution is -2.33. The largest absolute Gasteiger partial charge is 0.490 e. The first-order chi connectivity index (χ1) is 6.46. The van der Waals surface area contributed by atoms with E-state index in [1.165, 1.54) is 0 Å². The lowest BCUT2D eigenvalue weighted by atomic mass is 10.1. The molecule has 0 unspecified atom stereocenters. The van der Waals surface area contributed by atoms with Gasteiger partial charge in [0.1, 0.15) is 5.76 Å². The SMILES string of the molecule is CCC1=C(C(C)C)OCC(F)(F)CN1. The number of hydrogen-bond donors (Lipinski definition) is 1. The van der Waals surface area contributed by atoms with Gasteiger partial charge in [0.2, 0.25) is 0 Å². The molecule has 0 fully saturated rings. The molecule has 0 aromatic rings. The summed E-state index contributed by atoms with van der Waals surface area (Å²) in [4.78, 5) is 0. The van der Waals surface area contributed by atoms with Crippen molar-refractivity contribution in [3.8, 4) is 0 Å². The van der Waals surface area contributed by atoms with Gasteiger partial charge in [0.15, 0.2) is 6.61 Å². The Labute approximate surface area is 83.3 Å². The van der Waals surface area contributed by atoms with Gasteiger partial charge < -0.3 is 10.1 Å². The Kier molecular flexibility index (Phi) is 3.34. The highest BCUT2D eigenvalue weighted by molar-refractivity contribution is 5.10. The normalized spacial score (nSPS) is 21.6. The van der Waals surface area contributed by atoms with Crippen LogP contribution in [-0.2, 0) is 4.74 Å². The number of rotatable bonds is 2. The summed E-state index contributed by atoms with van der Waals surface area (Å²) in [5.41, 5.74) is 0.803. The molecule has 1 heterocycles. The highest BCUT2D eigenvalue weighted by Crippen LogP contribution is 2.25. The summed E-state index contributed by atoms with van der Waals surface area (Å²) in [6, 6.07) is 0. The third-order valence-corrected chi connectivity index (χ3v) is 2.17. The highest BCUT2D eigenvalue weighted by Gasteiger charge is 2.33. The maximum absolute atomic E-state index is 13.0. The molecule has 0 aromatic carbocycles. The van der Waals surface area contributed by atoms with Gasteiger partial charge in [-0.2, -0.15) is 0 Å². The van der Waals surface area contributed by atoms with E-state index < -0.39 is 12.5 Å². The topological polar surface area (TPSA) is 21.3 Å². The summed E-state index contributed by atoms with van der Waals surface area (Å²) in [6.45, 7) is 4.97. The minimum absolute atomic E-state index is 0.145. The standard InChI is InChI=1S/C10H17F2NO/c1-4-8-9(7(2)3)14-6-10(11,12)5-13-8/h7,13H,4-6H2,1-3H3. The van der Waals surface area contributed by atoms with Crippen LogP contribution in [0.25, 0.3) is 0 Å². The molecular weight excluding hydrogens is 188 g/mol. The Bertz CT molecular complexity index is 236. The van der Waals surface area contributed by atoms with Crippen LogP contribution in [-0.4, -0.2) is 19.1 Å². The van der Waals surface area contributed by atoms with Crippen LogP contribution in [0.5, 0.6) is 0 Å². The first kappa shape index (κ1) is 11.3. The van der Waals surface area contributed by atoms with Crippen LogP contribution in [0.1, 0.15) is 27.2 Å². The van der Waals surface area contributed by atoms with E-state index in [0.717, 1.165) is 5.70 Å². The second kappa shape index (κ2) is 4.15. The Morgan fingerprint density at radius 2 is 2.14 bits per heavy atom. The minimum Gasteiger partial charge on any atom is -0.490 e. The predicted octanol–water partition coefficient (Wildman–Crippen LogP) is 2.52. The first-order valence-corrected chi connectivity index (χ1v) is 4.94. The molecule has 0 saturated carbocycles. The smallest absolute Gasteiger partial charge is 0.298 e. The number of alkyl halides is 2. The zero-order valence-electron chi connectivity index (χ0n) is 8.86. The van der Waals surface area contributed by atoms with E-state index >= 15 is 0 Å². The lowest BCUT2D eigenvalue weighted by Gasteiger charge is -2.15. The van der Waals surface area contributed by atoms with Crippen LogP contribution < -0.4 is 5.32 Å². The molecule has 2 nitrogen and oxygen atoms in total. The van der Waals surface area contributed by atoms with Gasteiger partial charge in [-0.3, -0.25) is 0 Å². The second-order valence-electron chi connectivity index (χ2n) is 3.85. The molecule has 0 radical (unpaired) electrons. The van der Waals surface area contributed by atoms with E-state index in [9.17, 15) is 8.78 Å². The lowest BCUT2D eigenvalue weighted by molar-refractivity contribution is -0.0529. The molecule has 0 atom stereocenters. The quantitative estimate of drug-likeness (QED) is 0.748. The Morgan fingerprint density at radius 1 is 1.50 bits per heavy atom. The van der Waals surface area contributed by atoms with E-state index in [1.54, 1.807) is 0 Å². The fraction of sp³-hybridized carbons (Fsp3) is 0.800. The molecule has 0 saturated heterocycles. The van der Waals surface area contributed by atoms with Gasteiger partial charge in [-0.1, -0.05) is 20.8 Å². The van der Waals surface area contributed by atoms with E-state index in [4.69, 9.17) is 4.74 Å². The maximum atomic E-state index is 13.0. The zero-order valence-corrected chi connectivity index (χ0v) is 8.86. The number of nitrogens with one attached hydrogen (secondary N) is 1. The minimum atomic E-state index is -2.77. The van der Waals surface area contributed by atoms with Crippen LogP contribution in [0.3, 0.4) is 0 Å². The summed E-state index contributed by atoms with van der Waals surface area (Å²) in [7, 11) is 0. The molecule has 0 bridgehead atoms. The zero-order chi connectivity index (χ0) is 10.8. The van der Waals surface area contributed by atoms with Gasteiger partial charge in [-0.15, -0.1) is 0 Å². The monoisotopic (exact) mass is 205 g/mol.